The summed E-state index contributed by atoms with van der Waals surface area (Å²) >= 11 is 0. The third kappa shape index (κ3) is 2.40. The standard InChI is InChI=1S/C11H9F11O/c1-23-4-2-3-5-6(12)8(15,16)10(19,20)11(21,22)9(17,18)7(5,13)14/h2-4H2,1H3. The van der Waals surface area contributed by atoms with Gasteiger partial charge in [0, 0.05) is 19.3 Å². The van der Waals surface area contributed by atoms with Gasteiger partial charge in [0.05, 0.1) is 0 Å². The Kier molecular flexibility index (Phi) is 4.76. The van der Waals surface area contributed by atoms with E-state index < -0.39 is 60.5 Å². The fraction of sp³-hybridized carbons (Fsp3) is 0.818. The van der Waals surface area contributed by atoms with Crippen molar-refractivity contribution in [3.05, 3.63) is 11.4 Å². The van der Waals surface area contributed by atoms with Crippen molar-refractivity contribution in [1.82, 2.24) is 0 Å². The molecule has 0 radical (unpaired) electrons. The lowest BCUT2D eigenvalue weighted by molar-refractivity contribution is -0.384. The maximum Gasteiger partial charge on any atom is 0.385 e. The molecule has 1 aliphatic rings. The van der Waals surface area contributed by atoms with Crippen molar-refractivity contribution in [2.45, 2.75) is 42.5 Å². The van der Waals surface area contributed by atoms with Crippen LogP contribution in [-0.4, -0.2) is 43.3 Å². The second-order valence-electron chi connectivity index (χ2n) is 4.76. The van der Waals surface area contributed by atoms with E-state index in [1.165, 1.54) is 0 Å². The fourth-order valence-corrected chi connectivity index (χ4v) is 1.91. The van der Waals surface area contributed by atoms with Crippen LogP contribution in [0.2, 0.25) is 0 Å². The van der Waals surface area contributed by atoms with Crippen molar-refractivity contribution < 1.29 is 53.0 Å². The van der Waals surface area contributed by atoms with E-state index in [1.54, 1.807) is 0 Å². The van der Waals surface area contributed by atoms with Gasteiger partial charge in [0.25, 0.3) is 0 Å². The van der Waals surface area contributed by atoms with Crippen LogP contribution in [0.3, 0.4) is 0 Å². The lowest BCUT2D eigenvalue weighted by Gasteiger charge is -2.35. The highest BCUT2D eigenvalue weighted by Gasteiger charge is 2.90. The molecule has 1 rings (SSSR count). The molecule has 0 unspecified atom stereocenters. The van der Waals surface area contributed by atoms with Crippen LogP contribution in [0.25, 0.3) is 0 Å². The lowest BCUT2D eigenvalue weighted by Crippen LogP contribution is -2.65. The van der Waals surface area contributed by atoms with E-state index in [0.717, 1.165) is 7.11 Å². The van der Waals surface area contributed by atoms with E-state index in [1.807, 2.05) is 0 Å². The van der Waals surface area contributed by atoms with Gasteiger partial charge in [-0.3, -0.25) is 0 Å². The highest BCUT2D eigenvalue weighted by molar-refractivity contribution is 5.34. The van der Waals surface area contributed by atoms with Crippen LogP contribution >= 0.6 is 0 Å². The van der Waals surface area contributed by atoms with E-state index in [0.29, 0.717) is 0 Å². The third-order valence-electron chi connectivity index (χ3n) is 3.27. The average Bonchev–Trinajstić information content (AvgIpc) is 2.41. The summed E-state index contributed by atoms with van der Waals surface area (Å²) in [4.78, 5) is 0. The molecule has 136 valence electrons. The molecule has 0 saturated carbocycles. The molecule has 0 aromatic heterocycles. The summed E-state index contributed by atoms with van der Waals surface area (Å²) in [5.41, 5.74) is -2.80. The van der Waals surface area contributed by atoms with Gasteiger partial charge in [0.1, 0.15) is 0 Å². The molecule has 0 N–H and O–H groups in total. The Balaban J connectivity index is 3.66. The third-order valence-corrected chi connectivity index (χ3v) is 3.27. The number of allylic oxidation sites excluding steroid dienone is 2. The van der Waals surface area contributed by atoms with Crippen LogP contribution in [0.4, 0.5) is 48.3 Å². The Hall–Kier alpha value is -1.07. The van der Waals surface area contributed by atoms with Gasteiger partial charge in [-0.1, -0.05) is 0 Å². The van der Waals surface area contributed by atoms with Gasteiger partial charge in [-0.15, -0.1) is 0 Å². The summed E-state index contributed by atoms with van der Waals surface area (Å²) in [6.45, 7) is -0.517. The van der Waals surface area contributed by atoms with Gasteiger partial charge in [-0.25, -0.2) is 4.39 Å². The first-order valence-corrected chi connectivity index (χ1v) is 5.88. The number of hydrogen-bond donors (Lipinski definition) is 0. The van der Waals surface area contributed by atoms with E-state index in [4.69, 9.17) is 0 Å². The van der Waals surface area contributed by atoms with Gasteiger partial charge in [0.2, 0.25) is 0 Å². The largest absolute Gasteiger partial charge is 0.385 e. The molecule has 12 heteroatoms. The molecule has 0 atom stereocenters. The second kappa shape index (κ2) is 5.49. The predicted octanol–water partition coefficient (Wildman–Crippen LogP) is 4.83. The zero-order chi connectivity index (χ0) is 18.5. The molecule has 1 nitrogen and oxygen atoms in total. The SMILES string of the molecule is COCCCC1=C(F)C(F)(F)C(F)(F)C(F)(F)C(F)(F)C1(F)F. The van der Waals surface area contributed by atoms with Crippen molar-refractivity contribution in [3.63, 3.8) is 0 Å². The number of halogens is 11. The number of ether oxygens (including phenoxy) is 1. The monoisotopic (exact) mass is 366 g/mol. The second-order valence-corrected chi connectivity index (χ2v) is 4.76. The van der Waals surface area contributed by atoms with Crippen molar-refractivity contribution in [2.75, 3.05) is 13.7 Å². The highest BCUT2D eigenvalue weighted by Crippen LogP contribution is 2.64. The zero-order valence-corrected chi connectivity index (χ0v) is 11.2. The maximum atomic E-state index is 13.5. The Morgan fingerprint density at radius 2 is 1.17 bits per heavy atom. The number of hydrogen-bond acceptors (Lipinski definition) is 1. The smallest absolute Gasteiger partial charge is 0.385 e. The van der Waals surface area contributed by atoms with E-state index in [-0.39, 0.29) is 0 Å². The van der Waals surface area contributed by atoms with Crippen LogP contribution in [0.5, 0.6) is 0 Å². The Bertz CT molecular complexity index is 494. The first-order valence-electron chi connectivity index (χ1n) is 5.88. The summed E-state index contributed by atoms with van der Waals surface area (Å²) in [5.74, 6) is -37.7. The average molecular weight is 366 g/mol. The molecule has 0 aromatic rings. The van der Waals surface area contributed by atoms with Crippen LogP contribution in [0, 0.1) is 0 Å². The Morgan fingerprint density at radius 3 is 1.61 bits per heavy atom. The molecule has 0 bridgehead atoms. The van der Waals surface area contributed by atoms with E-state index in [9.17, 15) is 48.3 Å². The molecule has 0 aromatic carbocycles. The van der Waals surface area contributed by atoms with Crippen molar-refractivity contribution >= 4 is 0 Å². The van der Waals surface area contributed by atoms with E-state index >= 15 is 0 Å². The molecule has 0 saturated heterocycles. The van der Waals surface area contributed by atoms with Crippen LogP contribution in [0.15, 0.2) is 11.4 Å². The predicted molar refractivity (Wildman–Crippen MR) is 54.0 cm³/mol. The first-order chi connectivity index (χ1) is 10.1. The molecule has 0 amide bonds. The summed E-state index contributed by atoms with van der Waals surface area (Å²) < 4.78 is 150. The Morgan fingerprint density at radius 1 is 0.739 bits per heavy atom. The summed E-state index contributed by atoms with van der Waals surface area (Å²) in [6.07, 6.45) is -2.37. The van der Waals surface area contributed by atoms with Crippen LogP contribution in [0.1, 0.15) is 12.8 Å². The first kappa shape index (κ1) is 20.0. The zero-order valence-electron chi connectivity index (χ0n) is 11.2. The van der Waals surface area contributed by atoms with Crippen LogP contribution in [-0.2, 0) is 4.74 Å². The number of methoxy groups -OCH3 is 1. The molecule has 0 spiro atoms. The molecule has 1 aliphatic carbocycles. The minimum atomic E-state index is -7.20. The molecule has 0 fully saturated rings. The minimum Gasteiger partial charge on any atom is -0.385 e. The van der Waals surface area contributed by atoms with Gasteiger partial charge in [0.15, 0.2) is 5.83 Å². The molecule has 0 aliphatic heterocycles. The van der Waals surface area contributed by atoms with Gasteiger partial charge in [-0.2, -0.15) is 43.9 Å². The Labute approximate surface area is 122 Å². The van der Waals surface area contributed by atoms with Crippen LogP contribution < -0.4 is 0 Å². The molecular formula is C11H9F11O. The summed E-state index contributed by atoms with van der Waals surface area (Å²) in [5, 5.41) is 0. The summed E-state index contributed by atoms with van der Waals surface area (Å²) in [6, 6.07) is 0. The van der Waals surface area contributed by atoms with Gasteiger partial charge >= 0.3 is 29.6 Å². The topological polar surface area (TPSA) is 9.23 Å². The highest BCUT2D eigenvalue weighted by atomic mass is 19.4. The van der Waals surface area contributed by atoms with Crippen molar-refractivity contribution in [1.29, 1.82) is 0 Å². The minimum absolute atomic E-state index is 0.517. The van der Waals surface area contributed by atoms with Crippen molar-refractivity contribution in [2.24, 2.45) is 0 Å². The molecular weight excluding hydrogens is 357 g/mol. The number of rotatable bonds is 4. The summed E-state index contributed by atoms with van der Waals surface area (Å²) in [7, 11) is 0.988. The molecule has 23 heavy (non-hydrogen) atoms. The van der Waals surface area contributed by atoms with Gasteiger partial charge < -0.3 is 4.74 Å². The quantitative estimate of drug-likeness (QED) is 0.512. The normalized spacial score (nSPS) is 27.7. The van der Waals surface area contributed by atoms with Gasteiger partial charge in [-0.05, 0) is 12.8 Å². The fourth-order valence-electron chi connectivity index (χ4n) is 1.91. The van der Waals surface area contributed by atoms with E-state index in [2.05, 4.69) is 4.74 Å². The van der Waals surface area contributed by atoms with Crippen molar-refractivity contribution in [3.8, 4) is 0 Å². The lowest BCUT2D eigenvalue weighted by atomic mass is 9.95. The maximum absolute atomic E-state index is 13.5. The molecule has 0 heterocycles. The number of alkyl halides is 10.